The molecule has 128 valence electrons. The lowest BCUT2D eigenvalue weighted by Gasteiger charge is -2.17. The lowest BCUT2D eigenvalue weighted by molar-refractivity contribution is -0.134. The fraction of sp³-hybridized carbons (Fsp3) is 0.235. The second-order valence-electron chi connectivity index (χ2n) is 5.41. The maximum Gasteiger partial charge on any atom is 0.326 e. The Kier molecular flexibility index (Phi) is 5.64. The predicted octanol–water partition coefficient (Wildman–Crippen LogP) is 3.18. The molecule has 0 atom stereocenters. The summed E-state index contributed by atoms with van der Waals surface area (Å²) < 4.78 is 31.2. The van der Waals surface area contributed by atoms with Gasteiger partial charge >= 0.3 is 5.97 Å². The second-order valence-corrected chi connectivity index (χ2v) is 7.89. The maximum absolute atomic E-state index is 12.4. The van der Waals surface area contributed by atoms with Gasteiger partial charge in [0.15, 0.2) is 0 Å². The molecule has 0 bridgehead atoms. The van der Waals surface area contributed by atoms with E-state index in [1.54, 1.807) is 0 Å². The number of ether oxygens (including phenoxy) is 1. The van der Waals surface area contributed by atoms with Gasteiger partial charge in [0.1, 0.15) is 12.3 Å². The summed E-state index contributed by atoms with van der Waals surface area (Å²) in [6.07, 6.45) is 0. The van der Waals surface area contributed by atoms with Gasteiger partial charge in [-0.25, -0.2) is 8.42 Å². The molecule has 0 radical (unpaired) electrons. The highest BCUT2D eigenvalue weighted by molar-refractivity contribution is 7.89. The number of aryl methyl sites for hydroxylation is 2. The Morgan fingerprint density at radius 1 is 1.08 bits per heavy atom. The van der Waals surface area contributed by atoms with E-state index in [1.165, 1.54) is 31.3 Å². The van der Waals surface area contributed by atoms with Gasteiger partial charge in [-0.3, -0.25) is 4.79 Å². The van der Waals surface area contributed by atoms with E-state index in [2.05, 4.69) is 0 Å². The number of carbonyl (C=O) groups excluding carboxylic acids is 1. The zero-order valence-corrected chi connectivity index (χ0v) is 15.2. The molecule has 0 aliphatic carbocycles. The number of benzene rings is 2. The molecule has 2 rings (SSSR count). The van der Waals surface area contributed by atoms with Gasteiger partial charge in [-0.1, -0.05) is 29.8 Å². The van der Waals surface area contributed by atoms with Crippen LogP contribution in [0.1, 0.15) is 11.1 Å². The molecule has 0 unspecified atom stereocenters. The first-order valence-electron chi connectivity index (χ1n) is 7.20. The standard InChI is InChI=1S/C17H18ClNO4S/c1-12-5-4-6-13(2)17(12)23-16(20)11-19(3)24(21,22)15-9-7-14(18)8-10-15/h4-10H,11H2,1-3H3. The molecular formula is C17H18ClNO4S. The monoisotopic (exact) mass is 367 g/mol. The highest BCUT2D eigenvalue weighted by Gasteiger charge is 2.24. The molecule has 0 spiro atoms. The highest BCUT2D eigenvalue weighted by Crippen LogP contribution is 2.23. The molecule has 0 saturated carbocycles. The second kappa shape index (κ2) is 7.34. The first-order chi connectivity index (χ1) is 11.2. The smallest absolute Gasteiger partial charge is 0.326 e. The number of hydrogen-bond donors (Lipinski definition) is 0. The minimum atomic E-state index is -3.79. The molecule has 24 heavy (non-hydrogen) atoms. The van der Waals surface area contributed by atoms with Crippen LogP contribution < -0.4 is 4.74 Å². The van der Waals surface area contributed by atoms with Gasteiger partial charge < -0.3 is 4.74 Å². The fourth-order valence-corrected chi connectivity index (χ4v) is 3.40. The van der Waals surface area contributed by atoms with Gasteiger partial charge in [-0.2, -0.15) is 4.31 Å². The Balaban J connectivity index is 2.12. The summed E-state index contributed by atoms with van der Waals surface area (Å²) in [4.78, 5) is 12.2. The minimum Gasteiger partial charge on any atom is -0.425 e. The van der Waals surface area contributed by atoms with Gasteiger partial charge in [0.2, 0.25) is 10.0 Å². The molecule has 0 amide bonds. The number of likely N-dealkylation sites (N-methyl/N-ethyl adjacent to an activating group) is 1. The summed E-state index contributed by atoms with van der Waals surface area (Å²) in [6.45, 7) is 3.26. The van der Waals surface area contributed by atoms with Crippen LogP contribution in [-0.4, -0.2) is 32.3 Å². The van der Waals surface area contributed by atoms with Crippen LogP contribution in [0.25, 0.3) is 0 Å². The van der Waals surface area contributed by atoms with Crippen molar-refractivity contribution in [3.05, 3.63) is 58.6 Å². The molecule has 2 aromatic rings. The lowest BCUT2D eigenvalue weighted by Crippen LogP contribution is -2.34. The van der Waals surface area contributed by atoms with Crippen molar-refractivity contribution in [2.75, 3.05) is 13.6 Å². The van der Waals surface area contributed by atoms with Crippen LogP contribution in [0.15, 0.2) is 47.4 Å². The van der Waals surface area contributed by atoms with Crippen LogP contribution in [0.2, 0.25) is 5.02 Å². The van der Waals surface area contributed by atoms with Gasteiger partial charge in [0.05, 0.1) is 4.90 Å². The minimum absolute atomic E-state index is 0.0641. The Morgan fingerprint density at radius 2 is 1.62 bits per heavy atom. The van der Waals surface area contributed by atoms with Crippen molar-refractivity contribution in [3.63, 3.8) is 0 Å². The largest absolute Gasteiger partial charge is 0.425 e. The third-order valence-electron chi connectivity index (χ3n) is 3.50. The van der Waals surface area contributed by atoms with Crippen LogP contribution in [0.4, 0.5) is 0 Å². The number of sulfonamides is 1. The van der Waals surface area contributed by atoms with Crippen LogP contribution in [0.5, 0.6) is 5.75 Å². The van der Waals surface area contributed by atoms with Crippen molar-refractivity contribution in [1.82, 2.24) is 4.31 Å². The molecule has 0 aromatic heterocycles. The zero-order valence-electron chi connectivity index (χ0n) is 13.6. The maximum atomic E-state index is 12.4. The molecule has 0 N–H and O–H groups in total. The number of nitrogens with zero attached hydrogens (tertiary/aromatic N) is 1. The molecule has 5 nitrogen and oxygen atoms in total. The number of carbonyl (C=O) groups is 1. The first kappa shape index (κ1) is 18.4. The summed E-state index contributed by atoms with van der Waals surface area (Å²) in [5.41, 5.74) is 1.62. The molecule has 0 fully saturated rings. The normalized spacial score (nSPS) is 11.5. The van der Waals surface area contributed by atoms with E-state index in [0.717, 1.165) is 15.4 Å². The molecule has 0 heterocycles. The van der Waals surface area contributed by atoms with Crippen LogP contribution in [0, 0.1) is 13.8 Å². The topological polar surface area (TPSA) is 63.7 Å². The van der Waals surface area contributed by atoms with E-state index in [-0.39, 0.29) is 4.90 Å². The Morgan fingerprint density at radius 3 is 2.17 bits per heavy atom. The van der Waals surface area contributed by atoms with Crippen molar-refractivity contribution in [2.24, 2.45) is 0 Å². The van der Waals surface area contributed by atoms with Gasteiger partial charge in [-0.05, 0) is 49.2 Å². The molecule has 0 aliphatic rings. The van der Waals surface area contributed by atoms with Crippen LogP contribution in [-0.2, 0) is 14.8 Å². The molecular weight excluding hydrogens is 350 g/mol. The van der Waals surface area contributed by atoms with Crippen molar-refractivity contribution in [1.29, 1.82) is 0 Å². The zero-order chi connectivity index (χ0) is 17.9. The van der Waals surface area contributed by atoms with E-state index in [9.17, 15) is 13.2 Å². The van der Waals surface area contributed by atoms with Gasteiger partial charge in [0.25, 0.3) is 0 Å². The number of hydrogen-bond acceptors (Lipinski definition) is 4. The van der Waals surface area contributed by atoms with E-state index in [4.69, 9.17) is 16.3 Å². The van der Waals surface area contributed by atoms with E-state index in [0.29, 0.717) is 10.8 Å². The van der Waals surface area contributed by atoms with Crippen molar-refractivity contribution in [2.45, 2.75) is 18.7 Å². The van der Waals surface area contributed by atoms with Crippen LogP contribution in [0.3, 0.4) is 0 Å². The summed E-state index contributed by atoms with van der Waals surface area (Å²) in [6, 6.07) is 11.3. The average molecular weight is 368 g/mol. The quantitative estimate of drug-likeness (QED) is 0.601. The average Bonchev–Trinajstić information content (AvgIpc) is 2.51. The first-order valence-corrected chi connectivity index (χ1v) is 9.02. The Bertz CT molecular complexity index is 827. The number of halogens is 1. The Hall–Kier alpha value is -1.89. The third-order valence-corrected chi connectivity index (χ3v) is 5.57. The van der Waals surface area contributed by atoms with Crippen molar-refractivity contribution >= 4 is 27.6 Å². The summed E-state index contributed by atoms with van der Waals surface area (Å²) >= 11 is 5.76. The lowest BCUT2D eigenvalue weighted by atomic mass is 10.1. The van der Waals surface area contributed by atoms with E-state index >= 15 is 0 Å². The summed E-state index contributed by atoms with van der Waals surface area (Å²) in [7, 11) is -2.46. The predicted molar refractivity (Wildman–Crippen MR) is 92.8 cm³/mol. The van der Waals surface area contributed by atoms with Crippen LogP contribution >= 0.6 is 11.6 Å². The van der Waals surface area contributed by atoms with Gasteiger partial charge in [-0.15, -0.1) is 0 Å². The number of rotatable bonds is 5. The molecule has 0 saturated heterocycles. The SMILES string of the molecule is Cc1cccc(C)c1OC(=O)CN(C)S(=O)(=O)c1ccc(Cl)cc1. The van der Waals surface area contributed by atoms with Crippen molar-refractivity contribution < 1.29 is 17.9 Å². The third kappa shape index (κ3) is 4.14. The fourth-order valence-electron chi connectivity index (χ4n) is 2.16. The van der Waals surface area contributed by atoms with E-state index in [1.807, 2.05) is 32.0 Å². The number of esters is 1. The molecule has 2 aromatic carbocycles. The Labute approximate surface area is 146 Å². The summed E-state index contributed by atoms with van der Waals surface area (Å²) in [5, 5.41) is 0.436. The van der Waals surface area contributed by atoms with E-state index < -0.39 is 22.5 Å². The summed E-state index contributed by atoms with van der Waals surface area (Å²) in [5.74, 6) is -0.188. The van der Waals surface area contributed by atoms with Crippen molar-refractivity contribution in [3.8, 4) is 5.75 Å². The van der Waals surface area contributed by atoms with Gasteiger partial charge in [0, 0.05) is 12.1 Å². The highest BCUT2D eigenvalue weighted by atomic mass is 35.5. The number of para-hydroxylation sites is 1. The molecule has 7 heteroatoms. The molecule has 0 aliphatic heterocycles.